The van der Waals surface area contributed by atoms with Crippen LogP contribution in [-0.4, -0.2) is 17.9 Å². The highest BCUT2D eigenvalue weighted by molar-refractivity contribution is 6.10. The normalized spacial score (nSPS) is 10.8. The van der Waals surface area contributed by atoms with Crippen LogP contribution in [0.25, 0.3) is 10.9 Å². The van der Waals surface area contributed by atoms with Gasteiger partial charge in [0, 0.05) is 23.7 Å². The SMILES string of the molecule is COc1cccc2[nH]cc(C(=O)Cc3cccc(C)c3)c12. The van der Waals surface area contributed by atoms with E-state index < -0.39 is 0 Å². The number of nitrogens with one attached hydrogen (secondary N) is 1. The molecule has 1 N–H and O–H groups in total. The van der Waals surface area contributed by atoms with Gasteiger partial charge < -0.3 is 9.72 Å². The Hall–Kier alpha value is -2.55. The average molecular weight is 279 g/mol. The zero-order valence-corrected chi connectivity index (χ0v) is 12.1. The van der Waals surface area contributed by atoms with E-state index in [4.69, 9.17) is 4.74 Å². The molecule has 0 fully saturated rings. The summed E-state index contributed by atoms with van der Waals surface area (Å²) in [5, 5.41) is 0.859. The van der Waals surface area contributed by atoms with E-state index >= 15 is 0 Å². The van der Waals surface area contributed by atoms with Gasteiger partial charge in [-0.2, -0.15) is 0 Å². The number of aryl methyl sites for hydroxylation is 1. The van der Waals surface area contributed by atoms with Crippen LogP contribution in [0.4, 0.5) is 0 Å². The van der Waals surface area contributed by atoms with E-state index in [0.29, 0.717) is 12.0 Å². The summed E-state index contributed by atoms with van der Waals surface area (Å²) in [5.74, 6) is 0.817. The molecule has 1 heterocycles. The van der Waals surface area contributed by atoms with Gasteiger partial charge in [-0.05, 0) is 24.6 Å². The summed E-state index contributed by atoms with van der Waals surface area (Å²) in [6, 6.07) is 13.8. The number of carbonyl (C=O) groups excluding carboxylic acids is 1. The van der Waals surface area contributed by atoms with Crippen molar-refractivity contribution in [2.24, 2.45) is 0 Å². The monoisotopic (exact) mass is 279 g/mol. The van der Waals surface area contributed by atoms with Gasteiger partial charge in [0.1, 0.15) is 5.75 Å². The number of rotatable bonds is 4. The maximum Gasteiger partial charge on any atom is 0.169 e. The molecule has 0 radical (unpaired) electrons. The van der Waals surface area contributed by atoms with E-state index in [0.717, 1.165) is 27.8 Å². The Bertz CT molecular complexity index is 802. The Kier molecular flexibility index (Phi) is 3.48. The highest BCUT2D eigenvalue weighted by Gasteiger charge is 2.15. The first-order valence-electron chi connectivity index (χ1n) is 6.92. The molecule has 0 spiro atoms. The molecule has 3 aromatic rings. The maximum atomic E-state index is 12.6. The number of aromatic nitrogens is 1. The molecule has 3 nitrogen and oxygen atoms in total. The Balaban J connectivity index is 1.98. The van der Waals surface area contributed by atoms with Crippen molar-refractivity contribution in [3.63, 3.8) is 0 Å². The summed E-state index contributed by atoms with van der Waals surface area (Å²) in [7, 11) is 1.62. The van der Waals surface area contributed by atoms with Gasteiger partial charge in [0.15, 0.2) is 5.78 Å². The largest absolute Gasteiger partial charge is 0.496 e. The fourth-order valence-corrected chi connectivity index (χ4v) is 2.64. The summed E-state index contributed by atoms with van der Waals surface area (Å²) in [6.45, 7) is 2.03. The first-order chi connectivity index (χ1) is 10.2. The topological polar surface area (TPSA) is 42.1 Å². The summed E-state index contributed by atoms with van der Waals surface area (Å²) >= 11 is 0. The summed E-state index contributed by atoms with van der Waals surface area (Å²) in [4.78, 5) is 15.7. The highest BCUT2D eigenvalue weighted by atomic mass is 16.5. The Labute approximate surface area is 123 Å². The lowest BCUT2D eigenvalue weighted by Crippen LogP contribution is -2.03. The van der Waals surface area contributed by atoms with Crippen molar-refractivity contribution in [1.29, 1.82) is 0 Å². The smallest absolute Gasteiger partial charge is 0.169 e. The fourth-order valence-electron chi connectivity index (χ4n) is 2.64. The second kappa shape index (κ2) is 5.44. The lowest BCUT2D eigenvalue weighted by molar-refractivity contribution is 0.0994. The minimum atomic E-state index is 0.0938. The first-order valence-corrected chi connectivity index (χ1v) is 6.92. The van der Waals surface area contributed by atoms with Gasteiger partial charge >= 0.3 is 0 Å². The van der Waals surface area contributed by atoms with E-state index in [1.165, 1.54) is 0 Å². The Morgan fingerprint density at radius 1 is 1.19 bits per heavy atom. The number of carbonyl (C=O) groups is 1. The average Bonchev–Trinajstić information content (AvgIpc) is 2.91. The molecule has 0 bridgehead atoms. The number of ketones is 1. The van der Waals surface area contributed by atoms with Crippen LogP contribution in [0.3, 0.4) is 0 Å². The standard InChI is InChI=1S/C18H17NO2/c1-12-5-3-6-13(9-12)10-16(20)14-11-19-15-7-4-8-17(21-2)18(14)15/h3-9,11,19H,10H2,1-2H3. The van der Waals surface area contributed by atoms with Gasteiger partial charge in [0.2, 0.25) is 0 Å². The number of aromatic amines is 1. The summed E-state index contributed by atoms with van der Waals surface area (Å²) in [6.07, 6.45) is 2.16. The summed E-state index contributed by atoms with van der Waals surface area (Å²) in [5.41, 5.74) is 3.80. The molecule has 0 unspecified atom stereocenters. The predicted molar refractivity (Wildman–Crippen MR) is 84.1 cm³/mol. The quantitative estimate of drug-likeness (QED) is 0.736. The van der Waals surface area contributed by atoms with E-state index in [2.05, 4.69) is 4.98 Å². The molecule has 0 aliphatic rings. The van der Waals surface area contributed by atoms with E-state index in [9.17, 15) is 4.79 Å². The number of H-pyrrole nitrogens is 1. The zero-order chi connectivity index (χ0) is 14.8. The molecule has 3 heteroatoms. The van der Waals surface area contributed by atoms with Crippen LogP contribution in [-0.2, 0) is 6.42 Å². The first kappa shape index (κ1) is 13.4. The van der Waals surface area contributed by atoms with Crippen molar-refractivity contribution in [1.82, 2.24) is 4.98 Å². The molecule has 0 saturated heterocycles. The molecule has 0 saturated carbocycles. The van der Waals surface area contributed by atoms with Crippen molar-refractivity contribution in [2.45, 2.75) is 13.3 Å². The maximum absolute atomic E-state index is 12.6. The molecule has 2 aromatic carbocycles. The third-order valence-electron chi connectivity index (χ3n) is 3.64. The molecule has 1 aromatic heterocycles. The van der Waals surface area contributed by atoms with Crippen LogP contribution in [0.1, 0.15) is 21.5 Å². The van der Waals surface area contributed by atoms with Crippen molar-refractivity contribution in [3.05, 3.63) is 65.4 Å². The fraction of sp³-hybridized carbons (Fsp3) is 0.167. The van der Waals surface area contributed by atoms with E-state index in [-0.39, 0.29) is 5.78 Å². The minimum absolute atomic E-state index is 0.0938. The number of fused-ring (bicyclic) bond motifs is 1. The van der Waals surface area contributed by atoms with Crippen molar-refractivity contribution in [3.8, 4) is 5.75 Å². The summed E-state index contributed by atoms with van der Waals surface area (Å²) < 4.78 is 5.37. The van der Waals surface area contributed by atoms with Gasteiger partial charge in [-0.1, -0.05) is 35.9 Å². The molecular formula is C18H17NO2. The van der Waals surface area contributed by atoms with Crippen LogP contribution in [0.15, 0.2) is 48.7 Å². The molecule has 0 aliphatic carbocycles. The molecular weight excluding hydrogens is 262 g/mol. The van der Waals surface area contributed by atoms with Gasteiger partial charge in [-0.3, -0.25) is 4.79 Å². The zero-order valence-electron chi connectivity index (χ0n) is 12.1. The second-order valence-electron chi connectivity index (χ2n) is 5.17. The minimum Gasteiger partial charge on any atom is -0.496 e. The van der Waals surface area contributed by atoms with Crippen LogP contribution in [0, 0.1) is 6.92 Å². The predicted octanol–water partition coefficient (Wildman–Crippen LogP) is 3.91. The van der Waals surface area contributed by atoms with Crippen LogP contribution in [0.5, 0.6) is 5.75 Å². The third kappa shape index (κ3) is 2.55. The Morgan fingerprint density at radius 3 is 2.76 bits per heavy atom. The molecule has 0 atom stereocenters. The Morgan fingerprint density at radius 2 is 2.00 bits per heavy atom. The highest BCUT2D eigenvalue weighted by Crippen LogP contribution is 2.29. The van der Waals surface area contributed by atoms with E-state index in [1.807, 2.05) is 49.4 Å². The van der Waals surface area contributed by atoms with Gasteiger partial charge in [0.05, 0.1) is 12.5 Å². The number of hydrogen-bond acceptors (Lipinski definition) is 2. The van der Waals surface area contributed by atoms with Gasteiger partial charge in [-0.25, -0.2) is 0 Å². The van der Waals surface area contributed by atoms with E-state index in [1.54, 1.807) is 13.3 Å². The second-order valence-corrected chi connectivity index (χ2v) is 5.17. The molecule has 3 rings (SSSR count). The molecule has 21 heavy (non-hydrogen) atoms. The van der Waals surface area contributed by atoms with Crippen molar-refractivity contribution in [2.75, 3.05) is 7.11 Å². The van der Waals surface area contributed by atoms with Crippen molar-refractivity contribution < 1.29 is 9.53 Å². The number of ether oxygens (including phenoxy) is 1. The molecule has 106 valence electrons. The van der Waals surface area contributed by atoms with Crippen LogP contribution < -0.4 is 4.74 Å². The van der Waals surface area contributed by atoms with Crippen LogP contribution >= 0.6 is 0 Å². The van der Waals surface area contributed by atoms with Crippen LogP contribution in [0.2, 0.25) is 0 Å². The number of Topliss-reactive ketones (excluding diaryl/α,β-unsaturated/α-hetero) is 1. The van der Waals surface area contributed by atoms with Crippen molar-refractivity contribution >= 4 is 16.7 Å². The van der Waals surface area contributed by atoms with Gasteiger partial charge in [0.25, 0.3) is 0 Å². The number of hydrogen-bond donors (Lipinski definition) is 1. The number of benzene rings is 2. The number of methoxy groups -OCH3 is 1. The lowest BCUT2D eigenvalue weighted by Gasteiger charge is -2.05. The molecule has 0 aliphatic heterocycles. The third-order valence-corrected chi connectivity index (χ3v) is 3.64. The lowest BCUT2D eigenvalue weighted by atomic mass is 10.0. The molecule has 0 amide bonds. The van der Waals surface area contributed by atoms with Gasteiger partial charge in [-0.15, -0.1) is 0 Å².